The molecule has 0 bridgehead atoms. The van der Waals surface area contributed by atoms with Gasteiger partial charge in [-0.25, -0.2) is 0 Å². The normalized spacial score (nSPS) is 18.2. The van der Waals surface area contributed by atoms with Crippen LogP contribution in [-0.4, -0.2) is 24.5 Å². The summed E-state index contributed by atoms with van der Waals surface area (Å²) in [6.45, 7) is 8.72. The third-order valence-corrected chi connectivity index (χ3v) is 2.70. The molecular weight excluding hydrogens is 146 g/mol. The highest BCUT2D eigenvalue weighted by molar-refractivity contribution is 4.67. The van der Waals surface area contributed by atoms with E-state index in [0.717, 1.165) is 5.92 Å². The van der Waals surface area contributed by atoms with Crippen molar-refractivity contribution in [1.29, 1.82) is 0 Å². The molecule has 1 heterocycles. The van der Waals surface area contributed by atoms with Gasteiger partial charge >= 0.3 is 0 Å². The fourth-order valence-electron chi connectivity index (χ4n) is 1.67. The zero-order valence-electron chi connectivity index (χ0n) is 8.68. The molecule has 0 aliphatic carbocycles. The van der Waals surface area contributed by atoms with Gasteiger partial charge < -0.3 is 4.90 Å². The molecule has 1 aliphatic rings. The fourth-order valence-corrected chi connectivity index (χ4v) is 1.67. The van der Waals surface area contributed by atoms with Crippen LogP contribution in [0.15, 0.2) is 0 Å². The molecule has 0 saturated carbocycles. The predicted octanol–water partition coefficient (Wildman–Crippen LogP) is 2.91. The average Bonchev–Trinajstić information content (AvgIpc) is 1.92. The Morgan fingerprint density at radius 1 is 1.08 bits per heavy atom. The van der Waals surface area contributed by atoms with Crippen LogP contribution >= 0.6 is 0 Å². The Balaban J connectivity index is 1.76. The van der Waals surface area contributed by atoms with Gasteiger partial charge in [0.1, 0.15) is 0 Å². The summed E-state index contributed by atoms with van der Waals surface area (Å²) in [7, 11) is 0. The highest BCUT2D eigenvalue weighted by atomic mass is 15.2. The Kier molecular flexibility index (Phi) is 4.67. The van der Waals surface area contributed by atoms with E-state index in [1.807, 2.05) is 0 Å². The zero-order chi connectivity index (χ0) is 8.81. The summed E-state index contributed by atoms with van der Waals surface area (Å²) < 4.78 is 0. The SMILES string of the molecule is CC(C)CCCCCN1CCC1. The van der Waals surface area contributed by atoms with E-state index in [1.165, 1.54) is 51.7 Å². The van der Waals surface area contributed by atoms with Crippen molar-refractivity contribution in [3.63, 3.8) is 0 Å². The van der Waals surface area contributed by atoms with Crippen LogP contribution in [0.2, 0.25) is 0 Å². The van der Waals surface area contributed by atoms with Crippen molar-refractivity contribution in [2.45, 2.75) is 46.0 Å². The van der Waals surface area contributed by atoms with E-state index >= 15 is 0 Å². The summed E-state index contributed by atoms with van der Waals surface area (Å²) in [6, 6.07) is 0. The van der Waals surface area contributed by atoms with E-state index in [-0.39, 0.29) is 0 Å². The average molecular weight is 169 g/mol. The summed E-state index contributed by atoms with van der Waals surface area (Å²) in [5.41, 5.74) is 0. The summed E-state index contributed by atoms with van der Waals surface area (Å²) in [5.74, 6) is 0.897. The molecule has 0 spiro atoms. The zero-order valence-corrected chi connectivity index (χ0v) is 8.68. The number of rotatable bonds is 6. The minimum absolute atomic E-state index is 0.897. The van der Waals surface area contributed by atoms with Crippen molar-refractivity contribution >= 4 is 0 Å². The van der Waals surface area contributed by atoms with Crippen LogP contribution in [0.5, 0.6) is 0 Å². The molecule has 1 saturated heterocycles. The molecule has 1 rings (SSSR count). The molecule has 0 unspecified atom stereocenters. The smallest absolute Gasteiger partial charge is 0.000654 e. The van der Waals surface area contributed by atoms with E-state index in [9.17, 15) is 0 Å². The summed E-state index contributed by atoms with van der Waals surface area (Å²) in [6.07, 6.45) is 7.15. The molecule has 0 N–H and O–H groups in total. The van der Waals surface area contributed by atoms with Gasteiger partial charge in [0.15, 0.2) is 0 Å². The summed E-state index contributed by atoms with van der Waals surface area (Å²) >= 11 is 0. The molecule has 0 aromatic rings. The van der Waals surface area contributed by atoms with E-state index in [2.05, 4.69) is 18.7 Å². The first-order chi connectivity index (χ1) is 5.79. The molecule has 12 heavy (non-hydrogen) atoms. The Morgan fingerprint density at radius 3 is 2.33 bits per heavy atom. The van der Waals surface area contributed by atoms with E-state index in [1.54, 1.807) is 0 Å². The van der Waals surface area contributed by atoms with E-state index in [0.29, 0.717) is 0 Å². The van der Waals surface area contributed by atoms with Gasteiger partial charge in [-0.2, -0.15) is 0 Å². The third kappa shape index (κ3) is 4.10. The standard InChI is InChI=1S/C11H23N/c1-11(2)7-4-3-5-8-12-9-6-10-12/h11H,3-10H2,1-2H3. The van der Waals surface area contributed by atoms with Gasteiger partial charge in [-0.1, -0.05) is 33.1 Å². The monoisotopic (exact) mass is 169 g/mol. The van der Waals surface area contributed by atoms with Crippen LogP contribution in [0.4, 0.5) is 0 Å². The van der Waals surface area contributed by atoms with Crippen molar-refractivity contribution < 1.29 is 0 Å². The minimum Gasteiger partial charge on any atom is -0.303 e. The number of likely N-dealkylation sites (tertiary alicyclic amines) is 1. The molecule has 1 heteroatoms. The molecular formula is C11H23N. The van der Waals surface area contributed by atoms with Gasteiger partial charge in [0.2, 0.25) is 0 Å². The molecule has 0 amide bonds. The number of hydrogen-bond acceptors (Lipinski definition) is 1. The van der Waals surface area contributed by atoms with Gasteiger partial charge in [0.25, 0.3) is 0 Å². The largest absolute Gasteiger partial charge is 0.303 e. The first kappa shape index (κ1) is 10.0. The quantitative estimate of drug-likeness (QED) is 0.553. The van der Waals surface area contributed by atoms with Gasteiger partial charge in [-0.05, 0) is 38.4 Å². The molecule has 0 aromatic heterocycles. The second-order valence-electron chi connectivity index (χ2n) is 4.44. The Bertz CT molecular complexity index is 106. The Morgan fingerprint density at radius 2 is 1.83 bits per heavy atom. The predicted molar refractivity (Wildman–Crippen MR) is 54.4 cm³/mol. The lowest BCUT2D eigenvalue weighted by Gasteiger charge is -2.30. The lowest BCUT2D eigenvalue weighted by Crippen LogP contribution is -2.37. The topological polar surface area (TPSA) is 3.24 Å². The molecule has 1 fully saturated rings. The number of nitrogens with zero attached hydrogens (tertiary/aromatic N) is 1. The maximum Gasteiger partial charge on any atom is -0.000654 e. The third-order valence-electron chi connectivity index (χ3n) is 2.70. The highest BCUT2D eigenvalue weighted by Gasteiger charge is 2.11. The minimum atomic E-state index is 0.897. The Hall–Kier alpha value is -0.0400. The lowest BCUT2D eigenvalue weighted by atomic mass is 10.0. The van der Waals surface area contributed by atoms with Crippen LogP contribution < -0.4 is 0 Å². The summed E-state index contributed by atoms with van der Waals surface area (Å²) in [5, 5.41) is 0. The number of unbranched alkanes of at least 4 members (excludes halogenated alkanes) is 2. The molecule has 72 valence electrons. The number of hydrogen-bond donors (Lipinski definition) is 0. The molecule has 1 aliphatic heterocycles. The first-order valence-electron chi connectivity index (χ1n) is 5.51. The van der Waals surface area contributed by atoms with E-state index in [4.69, 9.17) is 0 Å². The second-order valence-corrected chi connectivity index (χ2v) is 4.44. The van der Waals surface area contributed by atoms with Crippen LogP contribution in [-0.2, 0) is 0 Å². The van der Waals surface area contributed by atoms with Crippen molar-refractivity contribution in [3.8, 4) is 0 Å². The molecule has 0 atom stereocenters. The van der Waals surface area contributed by atoms with Crippen LogP contribution in [0.1, 0.15) is 46.0 Å². The van der Waals surface area contributed by atoms with Gasteiger partial charge in [-0.15, -0.1) is 0 Å². The van der Waals surface area contributed by atoms with Gasteiger partial charge in [-0.3, -0.25) is 0 Å². The fraction of sp³-hybridized carbons (Fsp3) is 1.00. The first-order valence-corrected chi connectivity index (χ1v) is 5.51. The summed E-state index contributed by atoms with van der Waals surface area (Å²) in [4.78, 5) is 2.56. The van der Waals surface area contributed by atoms with Crippen LogP contribution in [0.3, 0.4) is 0 Å². The van der Waals surface area contributed by atoms with Crippen LogP contribution in [0.25, 0.3) is 0 Å². The van der Waals surface area contributed by atoms with Gasteiger partial charge in [0.05, 0.1) is 0 Å². The van der Waals surface area contributed by atoms with Crippen molar-refractivity contribution in [2.24, 2.45) is 5.92 Å². The van der Waals surface area contributed by atoms with Gasteiger partial charge in [0, 0.05) is 0 Å². The molecule has 0 aromatic carbocycles. The van der Waals surface area contributed by atoms with E-state index < -0.39 is 0 Å². The second kappa shape index (κ2) is 5.58. The van der Waals surface area contributed by atoms with Crippen molar-refractivity contribution in [3.05, 3.63) is 0 Å². The highest BCUT2D eigenvalue weighted by Crippen LogP contribution is 2.11. The Labute approximate surface area is 77.1 Å². The lowest BCUT2D eigenvalue weighted by molar-refractivity contribution is 0.177. The molecule has 1 nitrogen and oxygen atoms in total. The van der Waals surface area contributed by atoms with Crippen molar-refractivity contribution in [1.82, 2.24) is 4.90 Å². The van der Waals surface area contributed by atoms with Crippen LogP contribution in [0, 0.1) is 5.92 Å². The van der Waals surface area contributed by atoms with Crippen molar-refractivity contribution in [2.75, 3.05) is 19.6 Å². The maximum atomic E-state index is 2.56. The molecule has 0 radical (unpaired) electrons. The maximum absolute atomic E-state index is 2.56.